The molecular formula is C32H31F3O5. The van der Waals surface area contributed by atoms with E-state index in [0.717, 1.165) is 34.8 Å². The zero-order valence-electron chi connectivity index (χ0n) is 21.9. The largest absolute Gasteiger partial charge is 0.493 e. The van der Waals surface area contributed by atoms with Crippen LogP contribution in [0.3, 0.4) is 0 Å². The highest BCUT2D eigenvalue weighted by Crippen LogP contribution is 2.63. The average Bonchev–Trinajstić information content (AvgIpc) is 3.80. The molecule has 8 heteroatoms. The van der Waals surface area contributed by atoms with Crippen molar-refractivity contribution in [1.29, 1.82) is 0 Å². The molecule has 4 atom stereocenters. The maximum absolute atomic E-state index is 14.0. The van der Waals surface area contributed by atoms with Crippen molar-refractivity contribution in [3.8, 4) is 16.9 Å². The highest BCUT2D eigenvalue weighted by Gasteiger charge is 2.61. The fraction of sp³-hybridized carbons (Fsp3) is 0.406. The summed E-state index contributed by atoms with van der Waals surface area (Å²) in [6.07, 6.45) is 2.27. The third-order valence-corrected chi connectivity index (χ3v) is 8.61. The van der Waals surface area contributed by atoms with Gasteiger partial charge in [0.15, 0.2) is 0 Å². The Morgan fingerprint density at radius 2 is 1.95 bits per heavy atom. The highest BCUT2D eigenvalue weighted by atomic mass is 19.4. The molecule has 2 aromatic rings. The van der Waals surface area contributed by atoms with Gasteiger partial charge in [-0.05, 0) is 89.3 Å². The fourth-order valence-corrected chi connectivity index (χ4v) is 6.10. The molecule has 210 valence electrons. The number of alkyl halides is 3. The first-order chi connectivity index (χ1) is 19.0. The van der Waals surface area contributed by atoms with E-state index in [4.69, 9.17) is 9.47 Å². The van der Waals surface area contributed by atoms with E-state index in [-0.39, 0.29) is 48.4 Å². The fourth-order valence-electron chi connectivity index (χ4n) is 6.10. The summed E-state index contributed by atoms with van der Waals surface area (Å²) in [5, 5.41) is 19.4. The Hall–Kier alpha value is -3.36. The summed E-state index contributed by atoms with van der Waals surface area (Å²) in [6, 6.07) is 10.8. The Labute approximate surface area is 230 Å². The molecule has 0 amide bonds. The van der Waals surface area contributed by atoms with E-state index in [0.29, 0.717) is 31.2 Å². The molecule has 0 aromatic heterocycles. The maximum atomic E-state index is 14.0. The van der Waals surface area contributed by atoms with Gasteiger partial charge < -0.3 is 19.7 Å². The number of carbonyl (C=O) groups is 1. The molecule has 5 nitrogen and oxygen atoms in total. The van der Waals surface area contributed by atoms with Crippen LogP contribution in [-0.4, -0.2) is 34.5 Å². The number of hydrogen-bond donors (Lipinski definition) is 2. The summed E-state index contributed by atoms with van der Waals surface area (Å²) in [5.74, 6) is -0.685. The molecule has 40 heavy (non-hydrogen) atoms. The lowest BCUT2D eigenvalue weighted by atomic mass is 9.97. The van der Waals surface area contributed by atoms with E-state index in [9.17, 15) is 28.2 Å². The summed E-state index contributed by atoms with van der Waals surface area (Å²) in [5.41, 5.74) is 2.77. The monoisotopic (exact) mass is 552 g/mol. The van der Waals surface area contributed by atoms with Crippen molar-refractivity contribution in [1.82, 2.24) is 0 Å². The van der Waals surface area contributed by atoms with Crippen molar-refractivity contribution >= 4 is 5.97 Å². The Balaban J connectivity index is 1.15. The number of rotatable bonds is 9. The van der Waals surface area contributed by atoms with E-state index in [1.54, 1.807) is 18.2 Å². The summed E-state index contributed by atoms with van der Waals surface area (Å²) < 4.78 is 53.8. The number of ether oxygens (including phenoxy) is 2. The molecule has 0 radical (unpaired) electrons. The predicted octanol–water partition coefficient (Wildman–Crippen LogP) is 6.71. The number of carboxylic acid groups (broad SMARTS) is 1. The number of hydrogen-bond acceptors (Lipinski definition) is 4. The van der Waals surface area contributed by atoms with Crippen molar-refractivity contribution < 1.29 is 37.7 Å². The molecule has 0 spiro atoms. The molecule has 0 bridgehead atoms. The third kappa shape index (κ3) is 5.34. The predicted molar refractivity (Wildman–Crippen MR) is 142 cm³/mol. The van der Waals surface area contributed by atoms with Gasteiger partial charge in [0.25, 0.3) is 0 Å². The van der Waals surface area contributed by atoms with Gasteiger partial charge in [0.1, 0.15) is 5.75 Å². The van der Waals surface area contributed by atoms with Gasteiger partial charge in [-0.3, -0.25) is 4.79 Å². The van der Waals surface area contributed by atoms with E-state index < -0.39 is 23.3 Å². The van der Waals surface area contributed by atoms with Crippen molar-refractivity contribution in [3.05, 3.63) is 89.0 Å². The number of carboxylic acids is 1. The van der Waals surface area contributed by atoms with E-state index in [2.05, 4.69) is 12.7 Å². The number of aliphatic carboxylic acids is 1. The van der Waals surface area contributed by atoms with Crippen LogP contribution in [0.15, 0.2) is 77.9 Å². The first kappa shape index (κ1) is 26.8. The topological polar surface area (TPSA) is 76.0 Å². The summed E-state index contributed by atoms with van der Waals surface area (Å²) in [6.45, 7) is 4.50. The summed E-state index contributed by atoms with van der Waals surface area (Å²) >= 11 is 0. The summed E-state index contributed by atoms with van der Waals surface area (Å²) in [7, 11) is 0. The van der Waals surface area contributed by atoms with Crippen LogP contribution in [0.5, 0.6) is 5.75 Å². The van der Waals surface area contributed by atoms with Crippen LogP contribution in [0.1, 0.15) is 43.2 Å². The SMILES string of the molecule is C=C1CC=C2C(=CC1OCc1cccc(-c3ccc(OCCC4(O)CC4)cc3C(F)(F)F)c1)CC1C(C(=O)O)C21. The van der Waals surface area contributed by atoms with E-state index >= 15 is 0 Å². The number of aliphatic hydroxyl groups is 1. The van der Waals surface area contributed by atoms with Crippen LogP contribution >= 0.6 is 0 Å². The minimum Gasteiger partial charge on any atom is -0.493 e. The Morgan fingerprint density at radius 1 is 1.15 bits per heavy atom. The van der Waals surface area contributed by atoms with Gasteiger partial charge in [0.05, 0.1) is 36.4 Å². The van der Waals surface area contributed by atoms with Gasteiger partial charge in [0, 0.05) is 12.3 Å². The number of fused-ring (bicyclic) bond motifs is 3. The smallest absolute Gasteiger partial charge is 0.417 e. The van der Waals surface area contributed by atoms with Gasteiger partial charge in [-0.15, -0.1) is 0 Å². The van der Waals surface area contributed by atoms with Crippen molar-refractivity contribution in [2.75, 3.05) is 6.61 Å². The van der Waals surface area contributed by atoms with Gasteiger partial charge in [-0.1, -0.05) is 36.9 Å². The van der Waals surface area contributed by atoms with Crippen LogP contribution in [-0.2, 0) is 22.3 Å². The minimum atomic E-state index is -4.58. The maximum Gasteiger partial charge on any atom is 0.417 e. The van der Waals surface area contributed by atoms with Crippen LogP contribution in [0.4, 0.5) is 13.2 Å². The molecule has 6 rings (SSSR count). The van der Waals surface area contributed by atoms with Crippen molar-refractivity contribution in [2.24, 2.45) is 17.8 Å². The second-order valence-corrected chi connectivity index (χ2v) is 11.4. The van der Waals surface area contributed by atoms with Crippen molar-refractivity contribution in [3.63, 3.8) is 0 Å². The molecule has 3 fully saturated rings. The van der Waals surface area contributed by atoms with Gasteiger partial charge in [-0.25, -0.2) is 0 Å². The average molecular weight is 553 g/mol. The van der Waals surface area contributed by atoms with Crippen LogP contribution in [0, 0.1) is 17.8 Å². The van der Waals surface area contributed by atoms with Crippen LogP contribution in [0.25, 0.3) is 11.1 Å². The van der Waals surface area contributed by atoms with Gasteiger partial charge in [-0.2, -0.15) is 13.2 Å². The molecule has 3 saturated carbocycles. The highest BCUT2D eigenvalue weighted by molar-refractivity contribution is 5.77. The molecule has 2 aromatic carbocycles. The molecule has 4 aliphatic carbocycles. The third-order valence-electron chi connectivity index (χ3n) is 8.61. The molecule has 4 unspecified atom stereocenters. The van der Waals surface area contributed by atoms with Crippen molar-refractivity contribution in [2.45, 2.75) is 56.6 Å². The molecule has 2 N–H and O–H groups in total. The second-order valence-electron chi connectivity index (χ2n) is 11.4. The lowest BCUT2D eigenvalue weighted by molar-refractivity contribution is -0.139. The Morgan fingerprint density at radius 3 is 2.67 bits per heavy atom. The first-order valence-corrected chi connectivity index (χ1v) is 13.6. The Kier molecular flexibility index (Phi) is 6.66. The Bertz CT molecular complexity index is 1420. The standard InChI is InChI=1S/C32H31F3O5/c1-18-5-7-24-21(14-25-28(24)29(25)30(36)37)15-27(18)40-17-19-3-2-4-20(13-19)23-8-6-22(16-26(23)32(33,34)35)39-12-11-31(38)9-10-31/h2-4,6-8,13,15-16,25,27-29,38H,1,5,9-12,14,17H2,(H,36,37). The molecular weight excluding hydrogens is 521 g/mol. The normalized spacial score (nSPS) is 26.2. The molecule has 0 saturated heterocycles. The molecule has 0 aliphatic heterocycles. The number of halogens is 3. The van der Waals surface area contributed by atoms with E-state index in [1.165, 1.54) is 12.1 Å². The lowest BCUT2D eigenvalue weighted by Crippen LogP contribution is -2.13. The summed E-state index contributed by atoms with van der Waals surface area (Å²) in [4.78, 5) is 11.5. The zero-order chi connectivity index (χ0) is 28.2. The first-order valence-electron chi connectivity index (χ1n) is 13.6. The second kappa shape index (κ2) is 9.93. The lowest BCUT2D eigenvalue weighted by Gasteiger charge is -2.18. The number of allylic oxidation sites excluding steroid dienone is 3. The molecule has 4 aliphatic rings. The van der Waals surface area contributed by atoms with Crippen LogP contribution < -0.4 is 4.74 Å². The minimum absolute atomic E-state index is 0.0514. The van der Waals surface area contributed by atoms with E-state index in [1.807, 2.05) is 12.1 Å². The van der Waals surface area contributed by atoms with Crippen LogP contribution in [0.2, 0.25) is 0 Å². The quantitative estimate of drug-likeness (QED) is 0.338. The zero-order valence-corrected chi connectivity index (χ0v) is 21.9. The number of benzene rings is 2. The molecule has 0 heterocycles. The van der Waals surface area contributed by atoms with Gasteiger partial charge in [0.2, 0.25) is 0 Å². The van der Waals surface area contributed by atoms with Gasteiger partial charge >= 0.3 is 12.1 Å².